The van der Waals surface area contributed by atoms with E-state index in [0.717, 1.165) is 46.9 Å². The van der Waals surface area contributed by atoms with Gasteiger partial charge in [-0.3, -0.25) is 0 Å². The van der Waals surface area contributed by atoms with Crippen LogP contribution >= 0.6 is 127 Å². The van der Waals surface area contributed by atoms with Crippen molar-refractivity contribution in [2.45, 2.75) is 0 Å². The van der Waals surface area contributed by atoms with E-state index < -0.39 is 0 Å². The van der Waals surface area contributed by atoms with Crippen LogP contribution in [-0.4, -0.2) is 0 Å². The maximum atomic E-state index is 3.65. The van der Waals surface area contributed by atoms with Gasteiger partial charge < -0.3 is 0 Å². The number of rotatable bonds is 1. The summed E-state index contributed by atoms with van der Waals surface area (Å²) in [4.78, 5) is 0. The van der Waals surface area contributed by atoms with Gasteiger partial charge in [-0.05, 0) is 140 Å². The van der Waals surface area contributed by atoms with Crippen molar-refractivity contribution in [2.75, 3.05) is 0 Å². The number of halogens is 8. The van der Waals surface area contributed by atoms with E-state index in [-0.39, 0.29) is 0 Å². The predicted octanol–water partition coefficient (Wildman–Crippen LogP) is 9.45. The molecule has 0 spiro atoms. The Balaban J connectivity index is 2.89. The largest absolute Gasteiger partial charge is 0.0495 e. The molecule has 20 heavy (non-hydrogen) atoms. The van der Waals surface area contributed by atoms with Crippen LogP contribution in [0.2, 0.25) is 0 Å². The van der Waals surface area contributed by atoms with Gasteiger partial charge in [0, 0.05) is 46.9 Å². The molecule has 0 fully saturated rings. The second-order valence-corrected chi connectivity index (χ2v) is 10.2. The molecule has 0 heterocycles. The molecule has 8 heteroatoms. The molecule has 0 atom stereocenters. The summed E-state index contributed by atoms with van der Waals surface area (Å²) < 4.78 is 7.78. The molecule has 0 aliphatic heterocycles. The van der Waals surface area contributed by atoms with E-state index in [1.54, 1.807) is 0 Å². The van der Waals surface area contributed by atoms with Crippen molar-refractivity contribution in [3.05, 3.63) is 47.9 Å². The third-order valence-electron chi connectivity index (χ3n) is 2.48. The van der Waals surface area contributed by atoms with Crippen molar-refractivity contribution in [3.63, 3.8) is 0 Å². The van der Waals surface area contributed by atoms with Crippen LogP contribution < -0.4 is 0 Å². The van der Waals surface area contributed by atoms with Crippen molar-refractivity contribution in [1.29, 1.82) is 0 Å². The topological polar surface area (TPSA) is 0 Å². The lowest BCUT2D eigenvalue weighted by Crippen LogP contribution is -1.89. The molecule has 0 radical (unpaired) electrons. The maximum absolute atomic E-state index is 3.65. The first-order valence-corrected chi connectivity index (χ1v) is 11.3. The fourth-order valence-electron chi connectivity index (χ4n) is 1.56. The Morgan fingerprint density at radius 2 is 0.900 bits per heavy atom. The zero-order valence-electron chi connectivity index (χ0n) is 9.18. The molecule has 106 valence electrons. The summed E-state index contributed by atoms with van der Waals surface area (Å²) in [5, 5.41) is 0. The average Bonchev–Trinajstić information content (AvgIpc) is 2.40. The Morgan fingerprint density at radius 3 is 1.40 bits per heavy atom. The summed E-state index contributed by atoms with van der Waals surface area (Å²) in [5.41, 5.74) is 2.10. The highest BCUT2D eigenvalue weighted by atomic mass is 79.9. The van der Waals surface area contributed by atoms with E-state index >= 15 is 0 Å². The van der Waals surface area contributed by atoms with Crippen LogP contribution in [0.25, 0.3) is 11.1 Å². The van der Waals surface area contributed by atoms with E-state index in [2.05, 4.69) is 134 Å². The highest BCUT2D eigenvalue weighted by molar-refractivity contribution is 9.15. The Kier molecular flexibility index (Phi) is 6.93. The van der Waals surface area contributed by atoms with Crippen molar-refractivity contribution in [2.24, 2.45) is 0 Å². The van der Waals surface area contributed by atoms with Crippen LogP contribution in [0.5, 0.6) is 0 Å². The molecule has 0 saturated heterocycles. The lowest BCUT2D eigenvalue weighted by atomic mass is 10.1. The van der Waals surface area contributed by atoms with Crippen molar-refractivity contribution < 1.29 is 0 Å². The lowest BCUT2D eigenvalue weighted by Gasteiger charge is -2.15. The Bertz CT molecular complexity index is 681. The molecule has 0 amide bonds. The van der Waals surface area contributed by atoms with E-state index in [9.17, 15) is 0 Å². The van der Waals surface area contributed by atoms with E-state index in [1.165, 1.54) is 0 Å². The van der Waals surface area contributed by atoms with Gasteiger partial charge in [-0.2, -0.15) is 0 Å². The third kappa shape index (κ3) is 3.52. The summed E-state index contributed by atoms with van der Waals surface area (Å²) in [6.45, 7) is 0. The number of hydrogen-bond acceptors (Lipinski definition) is 0. The van der Waals surface area contributed by atoms with Gasteiger partial charge in [0.25, 0.3) is 0 Å². The van der Waals surface area contributed by atoms with Gasteiger partial charge in [0.15, 0.2) is 0 Å². The molecule has 0 saturated carbocycles. The molecule has 0 aliphatic carbocycles. The quantitative estimate of drug-likeness (QED) is 0.200. The van der Waals surface area contributed by atoms with Crippen LogP contribution in [0.1, 0.15) is 0 Å². The van der Waals surface area contributed by atoms with Gasteiger partial charge >= 0.3 is 0 Å². The van der Waals surface area contributed by atoms with Crippen molar-refractivity contribution in [1.82, 2.24) is 0 Å². The summed E-state index contributed by atoms with van der Waals surface area (Å²) >= 11 is 28.7. The molecule has 0 N–H and O–H groups in total. The first kappa shape index (κ1) is 18.6. The van der Waals surface area contributed by atoms with Crippen LogP contribution in [0.4, 0.5) is 0 Å². The Hall–Kier alpha value is 2.28. The highest BCUT2D eigenvalue weighted by Gasteiger charge is 2.20. The molecule has 2 aromatic carbocycles. The minimum absolute atomic E-state index is 0.955. The smallest absolute Gasteiger partial charge is 0.0477 e. The van der Waals surface area contributed by atoms with Gasteiger partial charge in [0.2, 0.25) is 0 Å². The molecule has 0 nitrogen and oxygen atoms in total. The predicted molar refractivity (Wildman–Crippen MR) is 113 cm³/mol. The summed E-state index contributed by atoms with van der Waals surface area (Å²) in [6, 6.07) is 4.05. The van der Waals surface area contributed by atoms with Crippen LogP contribution in [0.3, 0.4) is 0 Å². The zero-order chi connectivity index (χ0) is 15.2. The van der Waals surface area contributed by atoms with Gasteiger partial charge in [-0.1, -0.05) is 0 Å². The number of hydrogen-bond donors (Lipinski definition) is 0. The highest BCUT2D eigenvalue weighted by Crippen LogP contribution is 2.49. The number of benzene rings is 2. The zero-order valence-corrected chi connectivity index (χ0v) is 21.9. The van der Waals surface area contributed by atoms with Crippen LogP contribution in [-0.2, 0) is 0 Å². The summed E-state index contributed by atoms with van der Waals surface area (Å²) in [5.74, 6) is 0. The average molecular weight is 785 g/mol. The molecular formula is C12H2Br8. The SMILES string of the molecule is Brc1cc(-c2c(Br)c(Br)cc(Br)c2Br)c(Br)c(Br)c1Br. The monoisotopic (exact) mass is 777 g/mol. The standard InChI is InChI=1S/C12H2Br8/c13-4-1-3(8(16)12(20)11(4)19)7-9(17)5(14)2-6(15)10(7)18/h1-2H. The second kappa shape index (κ2) is 7.45. The Morgan fingerprint density at radius 1 is 0.450 bits per heavy atom. The molecule has 0 bridgehead atoms. The molecule has 0 unspecified atom stereocenters. The fraction of sp³-hybridized carbons (Fsp3) is 0. The Labute approximate surface area is 183 Å². The van der Waals surface area contributed by atoms with Gasteiger partial charge in [0.05, 0.1) is 0 Å². The van der Waals surface area contributed by atoms with Gasteiger partial charge in [-0.25, -0.2) is 0 Å². The maximum Gasteiger partial charge on any atom is 0.0477 e. The first-order chi connectivity index (χ1) is 9.25. The molecule has 2 aromatic rings. The molecule has 0 aliphatic rings. The first-order valence-electron chi connectivity index (χ1n) is 4.92. The molecular weight excluding hydrogens is 783 g/mol. The van der Waals surface area contributed by atoms with Crippen molar-refractivity contribution >= 4 is 127 Å². The van der Waals surface area contributed by atoms with E-state index in [4.69, 9.17) is 0 Å². The third-order valence-corrected chi connectivity index (χ3v) is 11.1. The second-order valence-electron chi connectivity index (χ2n) is 3.69. The molecule has 0 aromatic heterocycles. The van der Waals surface area contributed by atoms with E-state index in [1.807, 2.05) is 6.07 Å². The van der Waals surface area contributed by atoms with E-state index in [0.29, 0.717) is 0 Å². The normalized spacial score (nSPS) is 11.0. The lowest BCUT2D eigenvalue weighted by molar-refractivity contribution is 1.43. The van der Waals surface area contributed by atoms with Crippen LogP contribution in [0.15, 0.2) is 47.9 Å². The molecule has 2 rings (SSSR count). The minimum atomic E-state index is 0.955. The summed E-state index contributed by atoms with van der Waals surface area (Å²) in [6.07, 6.45) is 0. The van der Waals surface area contributed by atoms with Crippen LogP contribution in [0, 0.1) is 0 Å². The van der Waals surface area contributed by atoms with Gasteiger partial charge in [0.1, 0.15) is 0 Å². The van der Waals surface area contributed by atoms with Gasteiger partial charge in [-0.15, -0.1) is 0 Å². The fourth-order valence-corrected chi connectivity index (χ4v) is 6.25. The summed E-state index contributed by atoms with van der Waals surface area (Å²) in [7, 11) is 0. The van der Waals surface area contributed by atoms with Crippen molar-refractivity contribution in [3.8, 4) is 11.1 Å². The minimum Gasteiger partial charge on any atom is -0.0495 e.